The molecule has 19 heavy (non-hydrogen) atoms. The third kappa shape index (κ3) is 2.52. The van der Waals surface area contributed by atoms with Crippen molar-refractivity contribution >= 4 is 11.6 Å². The van der Waals surface area contributed by atoms with E-state index in [1.807, 2.05) is 6.92 Å². The molecule has 1 saturated carbocycles. The summed E-state index contributed by atoms with van der Waals surface area (Å²) in [5.41, 5.74) is 5.68. The summed E-state index contributed by atoms with van der Waals surface area (Å²) in [4.78, 5) is 11.6. The number of carbonyl (C=O) groups is 1. The van der Waals surface area contributed by atoms with Crippen molar-refractivity contribution in [2.75, 3.05) is 5.73 Å². The van der Waals surface area contributed by atoms with Gasteiger partial charge in [-0.05, 0) is 37.0 Å². The number of carbonyl (C=O) groups excluding carboxylic acids is 1. The van der Waals surface area contributed by atoms with Crippen molar-refractivity contribution in [2.45, 2.75) is 32.5 Å². The topological polar surface area (TPSA) is 55.1 Å². The van der Waals surface area contributed by atoms with Gasteiger partial charge < -0.3 is 11.1 Å². The van der Waals surface area contributed by atoms with Crippen LogP contribution in [0.2, 0.25) is 0 Å². The predicted molar refractivity (Wildman–Crippen MR) is 65.2 cm³/mol. The molecule has 0 saturated heterocycles. The van der Waals surface area contributed by atoms with E-state index in [1.54, 1.807) is 18.2 Å². The predicted octanol–water partition coefficient (Wildman–Crippen LogP) is 2.54. The maximum Gasteiger partial charge on any atom is 0.403 e. The Labute approximate surface area is 109 Å². The van der Waals surface area contributed by atoms with Crippen LogP contribution in [0.5, 0.6) is 0 Å². The second-order valence-corrected chi connectivity index (χ2v) is 4.95. The molecule has 0 atom stereocenters. The van der Waals surface area contributed by atoms with E-state index in [-0.39, 0.29) is 19.4 Å². The number of halogens is 3. The smallest absolute Gasteiger partial charge is 0.399 e. The van der Waals surface area contributed by atoms with Gasteiger partial charge in [-0.15, -0.1) is 0 Å². The molecular formula is C13H15F3N2O. The Hall–Kier alpha value is -1.72. The monoisotopic (exact) mass is 272 g/mol. The van der Waals surface area contributed by atoms with E-state index < -0.39 is 17.5 Å². The molecule has 0 aromatic heterocycles. The van der Waals surface area contributed by atoms with Crippen LogP contribution in [0.1, 0.15) is 24.0 Å². The van der Waals surface area contributed by atoms with Gasteiger partial charge in [0, 0.05) is 12.2 Å². The van der Waals surface area contributed by atoms with Gasteiger partial charge in [0.25, 0.3) is 0 Å². The molecule has 0 bridgehead atoms. The zero-order valence-electron chi connectivity index (χ0n) is 10.5. The Balaban J connectivity index is 2.00. The van der Waals surface area contributed by atoms with E-state index in [1.165, 1.54) is 0 Å². The fourth-order valence-corrected chi connectivity index (χ4v) is 1.92. The fourth-order valence-electron chi connectivity index (χ4n) is 1.92. The normalized spacial score (nSPS) is 17.1. The minimum Gasteiger partial charge on any atom is -0.399 e. The highest BCUT2D eigenvalue weighted by Crippen LogP contribution is 2.57. The van der Waals surface area contributed by atoms with Crippen LogP contribution in [0.4, 0.5) is 18.9 Å². The summed E-state index contributed by atoms with van der Waals surface area (Å²) in [5.74, 6) is -0.945. The molecule has 0 aliphatic heterocycles. The van der Waals surface area contributed by atoms with Crippen molar-refractivity contribution in [1.82, 2.24) is 5.32 Å². The highest BCUT2D eigenvalue weighted by atomic mass is 19.4. The lowest BCUT2D eigenvalue weighted by Crippen LogP contribution is -2.40. The third-order valence-electron chi connectivity index (χ3n) is 3.52. The van der Waals surface area contributed by atoms with E-state index in [0.717, 1.165) is 5.56 Å². The Morgan fingerprint density at radius 2 is 2.05 bits per heavy atom. The van der Waals surface area contributed by atoms with Gasteiger partial charge in [0.05, 0.1) is 0 Å². The lowest BCUT2D eigenvalue weighted by Gasteiger charge is -2.18. The zero-order valence-corrected chi connectivity index (χ0v) is 10.5. The first kappa shape index (κ1) is 13.7. The Morgan fingerprint density at radius 3 is 2.53 bits per heavy atom. The highest BCUT2D eigenvalue weighted by Gasteiger charge is 2.68. The Kier molecular flexibility index (Phi) is 3.20. The molecule has 104 valence electrons. The molecule has 1 aromatic carbocycles. The van der Waals surface area contributed by atoms with Crippen LogP contribution in [0.15, 0.2) is 18.2 Å². The first-order valence-corrected chi connectivity index (χ1v) is 5.96. The lowest BCUT2D eigenvalue weighted by molar-refractivity contribution is -0.192. The molecule has 0 heterocycles. The van der Waals surface area contributed by atoms with Gasteiger partial charge in [-0.1, -0.05) is 12.1 Å². The second-order valence-electron chi connectivity index (χ2n) is 4.95. The average molecular weight is 272 g/mol. The number of hydrogen-bond acceptors (Lipinski definition) is 2. The highest BCUT2D eigenvalue weighted by molar-refractivity contribution is 5.86. The van der Waals surface area contributed by atoms with Crippen LogP contribution in [0.25, 0.3) is 0 Å². The summed E-state index contributed by atoms with van der Waals surface area (Å²) in [6, 6.07) is 5.16. The zero-order chi connectivity index (χ0) is 14.3. The summed E-state index contributed by atoms with van der Waals surface area (Å²) in [6.07, 6.45) is -4.72. The third-order valence-corrected chi connectivity index (χ3v) is 3.52. The largest absolute Gasteiger partial charge is 0.403 e. The van der Waals surface area contributed by atoms with E-state index in [2.05, 4.69) is 5.32 Å². The first-order chi connectivity index (χ1) is 8.76. The number of anilines is 1. The SMILES string of the molecule is Cc1ccc(CNC(=O)C2(C(F)(F)F)CC2)cc1N. The summed E-state index contributed by atoms with van der Waals surface area (Å²) in [7, 11) is 0. The molecule has 2 rings (SSSR count). The average Bonchev–Trinajstić information content (AvgIpc) is 3.10. The van der Waals surface area contributed by atoms with Crippen molar-refractivity contribution in [3.63, 3.8) is 0 Å². The fraction of sp³-hybridized carbons (Fsp3) is 0.462. The Morgan fingerprint density at radius 1 is 1.42 bits per heavy atom. The van der Waals surface area contributed by atoms with Crippen molar-refractivity contribution in [2.24, 2.45) is 5.41 Å². The number of aryl methyl sites for hydroxylation is 1. The molecule has 6 heteroatoms. The van der Waals surface area contributed by atoms with Crippen LogP contribution < -0.4 is 11.1 Å². The summed E-state index contributed by atoms with van der Waals surface area (Å²) in [5, 5.41) is 2.34. The van der Waals surface area contributed by atoms with Crippen LogP contribution in [0, 0.1) is 12.3 Å². The summed E-state index contributed by atoms with van der Waals surface area (Å²) in [6.45, 7) is 1.89. The van der Waals surface area contributed by atoms with Crippen molar-refractivity contribution in [3.05, 3.63) is 29.3 Å². The molecule has 0 radical (unpaired) electrons. The van der Waals surface area contributed by atoms with Crippen LogP contribution >= 0.6 is 0 Å². The number of alkyl halides is 3. The van der Waals surface area contributed by atoms with E-state index in [4.69, 9.17) is 5.73 Å². The Bertz CT molecular complexity index is 507. The van der Waals surface area contributed by atoms with Gasteiger partial charge in [0.2, 0.25) is 5.91 Å². The van der Waals surface area contributed by atoms with Gasteiger partial charge in [-0.2, -0.15) is 13.2 Å². The maximum absolute atomic E-state index is 12.7. The van der Waals surface area contributed by atoms with Crippen LogP contribution in [-0.2, 0) is 11.3 Å². The molecule has 1 amide bonds. The summed E-state index contributed by atoms with van der Waals surface area (Å²) >= 11 is 0. The second kappa shape index (κ2) is 4.43. The minimum atomic E-state index is -4.47. The molecule has 3 nitrogen and oxygen atoms in total. The number of nitrogen functional groups attached to an aromatic ring is 1. The first-order valence-electron chi connectivity index (χ1n) is 5.96. The molecular weight excluding hydrogens is 257 g/mol. The van der Waals surface area contributed by atoms with E-state index in [9.17, 15) is 18.0 Å². The van der Waals surface area contributed by atoms with Gasteiger partial charge in [0.1, 0.15) is 5.41 Å². The number of amides is 1. The quantitative estimate of drug-likeness (QED) is 0.831. The molecule has 1 aliphatic rings. The molecule has 3 N–H and O–H groups in total. The van der Waals surface area contributed by atoms with Gasteiger partial charge in [0.15, 0.2) is 0 Å². The maximum atomic E-state index is 12.7. The molecule has 1 aromatic rings. The number of nitrogens with two attached hydrogens (primary N) is 1. The van der Waals surface area contributed by atoms with Gasteiger partial charge in [-0.25, -0.2) is 0 Å². The molecule has 1 aliphatic carbocycles. The lowest BCUT2D eigenvalue weighted by atomic mass is 10.1. The van der Waals surface area contributed by atoms with Crippen LogP contribution in [-0.4, -0.2) is 12.1 Å². The number of rotatable bonds is 3. The van der Waals surface area contributed by atoms with Crippen molar-refractivity contribution in [1.29, 1.82) is 0 Å². The van der Waals surface area contributed by atoms with Gasteiger partial charge in [-0.3, -0.25) is 4.79 Å². The van der Waals surface area contributed by atoms with Crippen molar-refractivity contribution < 1.29 is 18.0 Å². The number of nitrogens with one attached hydrogen (secondary N) is 1. The summed E-state index contributed by atoms with van der Waals surface area (Å²) < 4.78 is 38.1. The molecule has 0 unspecified atom stereocenters. The van der Waals surface area contributed by atoms with E-state index in [0.29, 0.717) is 11.3 Å². The number of hydrogen-bond donors (Lipinski definition) is 2. The van der Waals surface area contributed by atoms with Crippen molar-refractivity contribution in [3.8, 4) is 0 Å². The molecule has 0 spiro atoms. The van der Waals surface area contributed by atoms with E-state index >= 15 is 0 Å². The molecule has 1 fully saturated rings. The van der Waals surface area contributed by atoms with Gasteiger partial charge >= 0.3 is 6.18 Å². The standard InChI is InChI=1S/C13H15F3N2O/c1-8-2-3-9(6-10(8)17)7-18-11(19)12(4-5-12)13(14,15)16/h2-3,6H,4-5,7,17H2,1H3,(H,18,19). The number of benzene rings is 1. The van der Waals surface area contributed by atoms with Crippen LogP contribution in [0.3, 0.4) is 0 Å². The minimum absolute atomic E-state index is 0.0567.